The van der Waals surface area contributed by atoms with Gasteiger partial charge in [0.05, 0.1) is 7.11 Å². The smallest absolute Gasteiger partial charge is 0.417 e. The summed E-state index contributed by atoms with van der Waals surface area (Å²) in [6, 6.07) is -0.859. The molecule has 0 unspecified atom stereocenters. The summed E-state index contributed by atoms with van der Waals surface area (Å²) >= 11 is 0. The molecule has 1 aliphatic rings. The van der Waals surface area contributed by atoms with E-state index in [-0.39, 0.29) is 12.8 Å². The molecule has 0 aromatic rings. The highest BCUT2D eigenvalue weighted by molar-refractivity contribution is 5.99. The van der Waals surface area contributed by atoms with Crippen molar-refractivity contribution in [2.45, 2.75) is 59.1 Å². The molecule has 1 atom stereocenters. The Balaban J connectivity index is 0.00000154. The molecule has 0 radical (unpaired) electrons. The van der Waals surface area contributed by atoms with E-state index in [0.29, 0.717) is 0 Å². The molecule has 0 saturated carbocycles. The Labute approximate surface area is 114 Å². The Bertz CT molecular complexity index is 345. The van der Waals surface area contributed by atoms with Crippen LogP contribution in [0, 0.1) is 0 Å². The molecular weight excluding hydrogens is 250 g/mol. The molecule has 19 heavy (non-hydrogen) atoms. The van der Waals surface area contributed by atoms with Gasteiger partial charge in [-0.25, -0.2) is 14.5 Å². The number of likely N-dealkylation sites (tertiary alicyclic amines) is 1. The van der Waals surface area contributed by atoms with Gasteiger partial charge in [-0.3, -0.25) is 4.79 Å². The number of nitrogens with zero attached hydrogens (tertiary/aromatic N) is 1. The largest absolute Gasteiger partial charge is 0.467 e. The number of carbonyl (C=O) groups is 3. The van der Waals surface area contributed by atoms with Crippen molar-refractivity contribution in [1.82, 2.24) is 4.90 Å². The summed E-state index contributed by atoms with van der Waals surface area (Å²) in [4.78, 5) is 35.6. The Morgan fingerprint density at radius 2 is 1.79 bits per heavy atom. The number of rotatable bonds is 1. The number of hydrogen-bond donors (Lipinski definition) is 0. The number of hydrogen-bond acceptors (Lipinski definition) is 5. The third-order valence-corrected chi connectivity index (χ3v) is 2.28. The molecule has 1 aliphatic heterocycles. The van der Waals surface area contributed by atoms with Crippen molar-refractivity contribution in [2.75, 3.05) is 7.11 Å². The van der Waals surface area contributed by atoms with Gasteiger partial charge in [-0.15, -0.1) is 0 Å². The Kier molecular flexibility index (Phi) is 6.52. The van der Waals surface area contributed by atoms with Crippen LogP contribution in [0.2, 0.25) is 0 Å². The first kappa shape index (κ1) is 17.4. The lowest BCUT2D eigenvalue weighted by Crippen LogP contribution is -2.45. The van der Waals surface area contributed by atoms with Crippen LogP contribution in [0.1, 0.15) is 47.5 Å². The fourth-order valence-corrected chi connectivity index (χ4v) is 1.58. The number of imide groups is 1. The summed E-state index contributed by atoms with van der Waals surface area (Å²) in [5.41, 5.74) is -0.708. The van der Waals surface area contributed by atoms with E-state index >= 15 is 0 Å². The van der Waals surface area contributed by atoms with Gasteiger partial charge in [0.1, 0.15) is 11.6 Å². The van der Waals surface area contributed by atoms with E-state index in [1.54, 1.807) is 20.8 Å². The first-order chi connectivity index (χ1) is 8.76. The molecule has 6 nitrogen and oxygen atoms in total. The topological polar surface area (TPSA) is 72.9 Å². The van der Waals surface area contributed by atoms with Crippen molar-refractivity contribution >= 4 is 18.0 Å². The third kappa shape index (κ3) is 4.89. The van der Waals surface area contributed by atoms with E-state index in [2.05, 4.69) is 4.74 Å². The van der Waals surface area contributed by atoms with Crippen LogP contribution in [0.4, 0.5) is 4.79 Å². The van der Waals surface area contributed by atoms with Gasteiger partial charge in [0.25, 0.3) is 0 Å². The minimum atomic E-state index is -0.859. The minimum absolute atomic E-state index is 0.152. The molecular formula is C13H23NO5. The third-order valence-electron chi connectivity index (χ3n) is 2.28. The first-order valence-corrected chi connectivity index (χ1v) is 6.39. The average Bonchev–Trinajstić information content (AvgIpc) is 2.70. The molecule has 0 N–H and O–H groups in total. The van der Waals surface area contributed by atoms with Crippen LogP contribution in [0.5, 0.6) is 0 Å². The summed E-state index contributed by atoms with van der Waals surface area (Å²) in [5, 5.41) is 0. The van der Waals surface area contributed by atoms with Crippen LogP contribution >= 0.6 is 0 Å². The Morgan fingerprint density at radius 3 is 2.21 bits per heavy atom. The maximum Gasteiger partial charge on any atom is 0.417 e. The second kappa shape index (κ2) is 7.11. The summed E-state index contributed by atoms with van der Waals surface area (Å²) in [6.07, 6.45) is -0.362. The highest BCUT2D eigenvalue weighted by atomic mass is 16.6. The fourth-order valence-electron chi connectivity index (χ4n) is 1.58. The number of amides is 2. The van der Waals surface area contributed by atoms with Crippen LogP contribution in [-0.2, 0) is 19.1 Å². The summed E-state index contributed by atoms with van der Waals surface area (Å²) < 4.78 is 9.63. The van der Waals surface area contributed by atoms with Crippen molar-refractivity contribution < 1.29 is 23.9 Å². The monoisotopic (exact) mass is 273 g/mol. The van der Waals surface area contributed by atoms with Gasteiger partial charge in [-0.1, -0.05) is 13.8 Å². The first-order valence-electron chi connectivity index (χ1n) is 6.39. The van der Waals surface area contributed by atoms with E-state index < -0.39 is 29.6 Å². The highest BCUT2D eigenvalue weighted by Crippen LogP contribution is 2.22. The standard InChI is InChI=1S/C11H17NO5.C2H6/c1-11(2,3)17-10(15)12-7(9(14)16-4)5-6-8(12)13;1-2/h7H,5-6H2,1-4H3;1-2H3/t7-;/m0./s1. The molecule has 1 heterocycles. The van der Waals surface area contributed by atoms with Gasteiger partial charge in [0.2, 0.25) is 5.91 Å². The zero-order chi connectivity index (χ0) is 15.2. The zero-order valence-electron chi connectivity index (χ0n) is 12.5. The molecule has 1 fully saturated rings. The minimum Gasteiger partial charge on any atom is -0.467 e. The zero-order valence-corrected chi connectivity index (χ0v) is 12.5. The van der Waals surface area contributed by atoms with Crippen LogP contribution < -0.4 is 0 Å². The van der Waals surface area contributed by atoms with Gasteiger partial charge in [-0.2, -0.15) is 0 Å². The van der Waals surface area contributed by atoms with Gasteiger partial charge in [0, 0.05) is 6.42 Å². The van der Waals surface area contributed by atoms with E-state index in [0.717, 1.165) is 4.90 Å². The Morgan fingerprint density at radius 1 is 1.26 bits per heavy atom. The van der Waals surface area contributed by atoms with Crippen LogP contribution in [0.25, 0.3) is 0 Å². The molecule has 110 valence electrons. The van der Waals surface area contributed by atoms with E-state index in [1.165, 1.54) is 7.11 Å². The van der Waals surface area contributed by atoms with Crippen molar-refractivity contribution in [3.05, 3.63) is 0 Å². The summed E-state index contributed by atoms with van der Waals surface area (Å²) in [6.45, 7) is 9.08. The fraction of sp³-hybridized carbons (Fsp3) is 0.769. The lowest BCUT2D eigenvalue weighted by Gasteiger charge is -2.26. The second-order valence-corrected chi connectivity index (χ2v) is 4.82. The van der Waals surface area contributed by atoms with Crippen molar-refractivity contribution in [1.29, 1.82) is 0 Å². The average molecular weight is 273 g/mol. The lowest BCUT2D eigenvalue weighted by molar-refractivity contribution is -0.148. The summed E-state index contributed by atoms with van der Waals surface area (Å²) in [7, 11) is 1.22. The van der Waals surface area contributed by atoms with Crippen molar-refractivity contribution in [2.24, 2.45) is 0 Å². The number of methoxy groups -OCH3 is 1. The van der Waals surface area contributed by atoms with E-state index in [1.807, 2.05) is 13.8 Å². The molecule has 1 rings (SSSR count). The molecule has 0 bridgehead atoms. The molecule has 6 heteroatoms. The molecule has 0 aromatic carbocycles. The summed E-state index contributed by atoms with van der Waals surface area (Å²) in [5.74, 6) is -1.00. The van der Waals surface area contributed by atoms with Crippen LogP contribution in [0.15, 0.2) is 0 Å². The van der Waals surface area contributed by atoms with E-state index in [9.17, 15) is 14.4 Å². The predicted molar refractivity (Wildman–Crippen MR) is 69.5 cm³/mol. The van der Waals surface area contributed by atoms with Crippen molar-refractivity contribution in [3.63, 3.8) is 0 Å². The van der Waals surface area contributed by atoms with Gasteiger partial charge in [0.15, 0.2) is 0 Å². The quantitative estimate of drug-likeness (QED) is 0.684. The maximum atomic E-state index is 11.8. The molecule has 1 saturated heterocycles. The second-order valence-electron chi connectivity index (χ2n) is 4.82. The SMILES string of the molecule is CC.COC(=O)[C@@H]1CCC(=O)N1C(=O)OC(C)(C)C. The Hall–Kier alpha value is -1.59. The van der Waals surface area contributed by atoms with Gasteiger partial charge in [-0.05, 0) is 27.2 Å². The highest BCUT2D eigenvalue weighted by Gasteiger charge is 2.42. The molecule has 0 aliphatic carbocycles. The van der Waals surface area contributed by atoms with E-state index in [4.69, 9.17) is 4.74 Å². The molecule has 0 aromatic heterocycles. The van der Waals surface area contributed by atoms with Gasteiger partial charge < -0.3 is 9.47 Å². The van der Waals surface area contributed by atoms with Crippen molar-refractivity contribution in [3.8, 4) is 0 Å². The molecule has 2 amide bonds. The number of carbonyl (C=O) groups excluding carboxylic acids is 3. The predicted octanol–water partition coefficient (Wildman–Crippen LogP) is 2.11. The number of esters is 1. The maximum absolute atomic E-state index is 11.8. The lowest BCUT2D eigenvalue weighted by atomic mass is 10.2. The van der Waals surface area contributed by atoms with Gasteiger partial charge >= 0.3 is 12.1 Å². The molecule has 0 spiro atoms. The van der Waals surface area contributed by atoms with Crippen LogP contribution in [0.3, 0.4) is 0 Å². The van der Waals surface area contributed by atoms with Crippen LogP contribution in [-0.4, -0.2) is 41.6 Å². The normalized spacial score (nSPS) is 18.5. The number of ether oxygens (including phenoxy) is 2.